The van der Waals surface area contributed by atoms with E-state index in [-0.39, 0.29) is 0 Å². The molecule has 0 spiro atoms. The van der Waals surface area contributed by atoms with Crippen molar-refractivity contribution in [1.29, 1.82) is 0 Å². The molecule has 0 atom stereocenters. The minimum Gasteiger partial charge on any atom is -0.497 e. The lowest BCUT2D eigenvalue weighted by atomic mass is 10.1. The quantitative estimate of drug-likeness (QED) is 0.550. The molecule has 0 bridgehead atoms. The van der Waals surface area contributed by atoms with Crippen molar-refractivity contribution in [2.45, 2.75) is 6.54 Å². The third kappa shape index (κ3) is 3.33. The fraction of sp³-hybridized carbons (Fsp3) is 0.0952. The molecule has 0 radical (unpaired) electrons. The maximum absolute atomic E-state index is 5.19. The number of nitrogens with one attached hydrogen (secondary N) is 2. The fourth-order valence-electron chi connectivity index (χ4n) is 2.81. The highest BCUT2D eigenvalue weighted by molar-refractivity contribution is 5.79. The maximum atomic E-state index is 5.19. The van der Waals surface area contributed by atoms with E-state index >= 15 is 0 Å². The van der Waals surface area contributed by atoms with Gasteiger partial charge in [-0.3, -0.25) is 0 Å². The van der Waals surface area contributed by atoms with Gasteiger partial charge in [-0.05, 0) is 42.0 Å². The van der Waals surface area contributed by atoms with Gasteiger partial charge in [0, 0.05) is 17.8 Å². The standard InChI is InChI=1S/C21H19N3O/c1-25-18-11-9-15(10-12-18)14-22-17-6-4-5-16(13-17)21-23-19-7-2-3-8-20(19)24-21/h2-13,22H,14H2,1H3,(H,23,24). The Morgan fingerprint density at radius 3 is 2.60 bits per heavy atom. The normalized spacial score (nSPS) is 10.8. The summed E-state index contributed by atoms with van der Waals surface area (Å²) in [6.45, 7) is 0.758. The Balaban J connectivity index is 1.52. The first-order chi connectivity index (χ1) is 12.3. The van der Waals surface area contributed by atoms with Crippen molar-refractivity contribution in [1.82, 2.24) is 9.97 Å². The summed E-state index contributed by atoms with van der Waals surface area (Å²) in [6, 6.07) is 24.4. The van der Waals surface area contributed by atoms with Gasteiger partial charge in [-0.1, -0.05) is 36.4 Å². The van der Waals surface area contributed by atoms with Crippen LogP contribution in [0.15, 0.2) is 72.8 Å². The molecule has 0 aliphatic carbocycles. The fourth-order valence-corrected chi connectivity index (χ4v) is 2.81. The van der Waals surface area contributed by atoms with Crippen LogP contribution in [-0.2, 0) is 6.54 Å². The van der Waals surface area contributed by atoms with Gasteiger partial charge in [0.2, 0.25) is 0 Å². The van der Waals surface area contributed by atoms with E-state index < -0.39 is 0 Å². The van der Waals surface area contributed by atoms with Crippen LogP contribution in [0.3, 0.4) is 0 Å². The molecular formula is C21H19N3O. The number of hydrogen-bond donors (Lipinski definition) is 2. The highest BCUT2D eigenvalue weighted by Crippen LogP contribution is 2.23. The Hall–Kier alpha value is -3.27. The molecule has 0 saturated heterocycles. The highest BCUT2D eigenvalue weighted by Gasteiger charge is 2.05. The molecular weight excluding hydrogens is 310 g/mol. The van der Waals surface area contributed by atoms with E-state index in [0.29, 0.717) is 0 Å². The van der Waals surface area contributed by atoms with Gasteiger partial charge < -0.3 is 15.0 Å². The van der Waals surface area contributed by atoms with Gasteiger partial charge in [-0.2, -0.15) is 0 Å². The first-order valence-electron chi connectivity index (χ1n) is 8.24. The minimum atomic E-state index is 0.758. The number of aromatic amines is 1. The van der Waals surface area contributed by atoms with Gasteiger partial charge in [0.1, 0.15) is 11.6 Å². The van der Waals surface area contributed by atoms with Gasteiger partial charge >= 0.3 is 0 Å². The van der Waals surface area contributed by atoms with Crippen molar-refractivity contribution in [3.05, 3.63) is 78.4 Å². The number of imidazole rings is 1. The zero-order valence-electron chi connectivity index (χ0n) is 14.0. The van der Waals surface area contributed by atoms with Crippen LogP contribution in [0.2, 0.25) is 0 Å². The van der Waals surface area contributed by atoms with Crippen molar-refractivity contribution in [3.63, 3.8) is 0 Å². The van der Waals surface area contributed by atoms with Crippen molar-refractivity contribution in [2.75, 3.05) is 12.4 Å². The number of fused-ring (bicyclic) bond motifs is 1. The number of H-pyrrole nitrogens is 1. The van der Waals surface area contributed by atoms with E-state index in [1.807, 2.05) is 42.5 Å². The van der Waals surface area contributed by atoms with Crippen molar-refractivity contribution < 1.29 is 4.74 Å². The van der Waals surface area contributed by atoms with Gasteiger partial charge in [-0.25, -0.2) is 4.98 Å². The third-order valence-electron chi connectivity index (χ3n) is 4.18. The van der Waals surface area contributed by atoms with Gasteiger partial charge in [0.25, 0.3) is 0 Å². The summed E-state index contributed by atoms with van der Waals surface area (Å²) in [5, 5.41) is 3.46. The zero-order valence-corrected chi connectivity index (χ0v) is 14.0. The Bertz CT molecular complexity index is 956. The van der Waals surface area contributed by atoms with Crippen LogP contribution in [0.5, 0.6) is 5.75 Å². The number of anilines is 1. The molecule has 0 unspecified atom stereocenters. The summed E-state index contributed by atoms with van der Waals surface area (Å²) in [5.41, 5.74) is 5.36. The predicted octanol–water partition coefficient (Wildman–Crippen LogP) is 4.85. The summed E-state index contributed by atoms with van der Waals surface area (Å²) in [4.78, 5) is 8.04. The molecule has 0 fully saturated rings. The molecule has 0 amide bonds. The number of para-hydroxylation sites is 2. The largest absolute Gasteiger partial charge is 0.497 e. The van der Waals surface area contributed by atoms with E-state index in [9.17, 15) is 0 Å². The van der Waals surface area contributed by atoms with Crippen LogP contribution < -0.4 is 10.1 Å². The van der Waals surface area contributed by atoms with Gasteiger partial charge in [0.05, 0.1) is 18.1 Å². The molecule has 25 heavy (non-hydrogen) atoms. The molecule has 1 heterocycles. The summed E-state index contributed by atoms with van der Waals surface area (Å²) < 4.78 is 5.19. The Morgan fingerprint density at radius 2 is 1.80 bits per heavy atom. The molecule has 4 nitrogen and oxygen atoms in total. The van der Waals surface area contributed by atoms with Crippen LogP contribution in [-0.4, -0.2) is 17.1 Å². The van der Waals surface area contributed by atoms with Crippen molar-refractivity contribution >= 4 is 16.7 Å². The predicted molar refractivity (Wildman–Crippen MR) is 102 cm³/mol. The number of nitrogens with zero attached hydrogens (tertiary/aromatic N) is 1. The van der Waals surface area contributed by atoms with Crippen LogP contribution in [0, 0.1) is 0 Å². The van der Waals surface area contributed by atoms with E-state index in [0.717, 1.165) is 40.4 Å². The molecule has 4 heteroatoms. The maximum Gasteiger partial charge on any atom is 0.138 e. The Kier molecular flexibility index (Phi) is 4.09. The second-order valence-corrected chi connectivity index (χ2v) is 5.88. The topological polar surface area (TPSA) is 49.9 Å². The molecule has 0 saturated carbocycles. The lowest BCUT2D eigenvalue weighted by Gasteiger charge is -2.08. The lowest BCUT2D eigenvalue weighted by molar-refractivity contribution is 0.414. The van der Waals surface area contributed by atoms with Crippen LogP contribution in [0.1, 0.15) is 5.56 Å². The summed E-state index contributed by atoms with van der Waals surface area (Å²) in [7, 11) is 1.68. The van der Waals surface area contributed by atoms with E-state index in [1.165, 1.54) is 5.56 Å². The second kappa shape index (κ2) is 6.69. The summed E-state index contributed by atoms with van der Waals surface area (Å²) in [5.74, 6) is 1.75. The van der Waals surface area contributed by atoms with Crippen LogP contribution in [0.25, 0.3) is 22.4 Å². The van der Waals surface area contributed by atoms with Crippen molar-refractivity contribution in [3.8, 4) is 17.1 Å². The number of benzene rings is 3. The number of ether oxygens (including phenoxy) is 1. The monoisotopic (exact) mass is 329 g/mol. The van der Waals surface area contributed by atoms with Gasteiger partial charge in [-0.15, -0.1) is 0 Å². The lowest BCUT2D eigenvalue weighted by Crippen LogP contribution is -1.99. The first kappa shape index (κ1) is 15.3. The number of aromatic nitrogens is 2. The molecule has 0 aliphatic rings. The zero-order chi connectivity index (χ0) is 17.1. The molecule has 124 valence electrons. The van der Waals surface area contributed by atoms with E-state index in [1.54, 1.807) is 7.11 Å². The molecule has 2 N–H and O–H groups in total. The second-order valence-electron chi connectivity index (χ2n) is 5.88. The third-order valence-corrected chi connectivity index (χ3v) is 4.18. The first-order valence-corrected chi connectivity index (χ1v) is 8.24. The Labute approximate surface area is 146 Å². The molecule has 4 aromatic rings. The highest BCUT2D eigenvalue weighted by atomic mass is 16.5. The molecule has 3 aromatic carbocycles. The Morgan fingerprint density at radius 1 is 0.960 bits per heavy atom. The number of hydrogen-bond acceptors (Lipinski definition) is 3. The van der Waals surface area contributed by atoms with Crippen LogP contribution >= 0.6 is 0 Å². The average molecular weight is 329 g/mol. The average Bonchev–Trinajstić information content (AvgIpc) is 3.11. The summed E-state index contributed by atoms with van der Waals surface area (Å²) in [6.07, 6.45) is 0. The minimum absolute atomic E-state index is 0.758. The summed E-state index contributed by atoms with van der Waals surface area (Å²) >= 11 is 0. The van der Waals surface area contributed by atoms with Crippen LogP contribution in [0.4, 0.5) is 5.69 Å². The SMILES string of the molecule is COc1ccc(CNc2cccc(-c3nc4ccccc4[nH]3)c2)cc1. The number of rotatable bonds is 5. The van der Waals surface area contributed by atoms with E-state index in [2.05, 4.69) is 45.6 Å². The van der Waals surface area contributed by atoms with Crippen molar-refractivity contribution in [2.24, 2.45) is 0 Å². The molecule has 1 aromatic heterocycles. The molecule has 4 rings (SSSR count). The smallest absolute Gasteiger partial charge is 0.138 e. The van der Waals surface area contributed by atoms with Gasteiger partial charge in [0.15, 0.2) is 0 Å². The molecule has 0 aliphatic heterocycles. The van der Waals surface area contributed by atoms with E-state index in [4.69, 9.17) is 4.74 Å². The number of methoxy groups -OCH3 is 1.